The van der Waals surface area contributed by atoms with E-state index in [-0.39, 0.29) is 0 Å². The van der Waals surface area contributed by atoms with E-state index in [1.165, 1.54) is 0 Å². The highest BCUT2D eigenvalue weighted by atomic mass is 28.3. The third kappa shape index (κ3) is 3.52. The molecule has 0 amide bonds. The Hall–Kier alpha value is -1.95. The van der Waals surface area contributed by atoms with Gasteiger partial charge in [0.05, 0.1) is 6.61 Å². The number of hydrogen-bond acceptors (Lipinski definition) is 4. The second kappa shape index (κ2) is 5.92. The average molecular weight is 330 g/mol. The summed E-state index contributed by atoms with van der Waals surface area (Å²) < 4.78 is 5.41. The predicted octanol–water partition coefficient (Wildman–Crippen LogP) is 3.70. The number of carbonyl (C=O) groups excluding carboxylic acids is 2. The topological polar surface area (TPSA) is 72.1 Å². The number of fused-ring (bicyclic) bond motifs is 1. The standard InChI is InChI=1S/C17H22N2O3Si/c1-23(2,3)7-6-22-17(21)16-15-13(8-12(10-20)19-15)14(9-18-16)11-4-5-11/h8-11,18H,4-7H2,1-3H3. The van der Waals surface area contributed by atoms with Gasteiger partial charge in [0.15, 0.2) is 12.0 Å². The summed E-state index contributed by atoms with van der Waals surface area (Å²) in [5.74, 6) is 0.112. The number of aromatic nitrogens is 2. The zero-order valence-electron chi connectivity index (χ0n) is 13.8. The first kappa shape index (κ1) is 15.9. The lowest BCUT2D eigenvalue weighted by Gasteiger charge is -2.16. The molecule has 1 aliphatic carbocycles. The molecule has 3 rings (SSSR count). The van der Waals surface area contributed by atoms with E-state index in [0.717, 1.165) is 36.3 Å². The van der Waals surface area contributed by atoms with Crippen LogP contribution in [0, 0.1) is 0 Å². The Labute approximate surface area is 136 Å². The summed E-state index contributed by atoms with van der Waals surface area (Å²) in [7, 11) is -1.25. The number of nitrogens with one attached hydrogen (secondary N) is 1. The number of pyridine rings is 1. The maximum absolute atomic E-state index is 12.4. The Morgan fingerprint density at radius 2 is 2.17 bits per heavy atom. The van der Waals surface area contributed by atoms with Gasteiger partial charge < -0.3 is 9.72 Å². The summed E-state index contributed by atoms with van der Waals surface area (Å²) >= 11 is 0. The second-order valence-corrected chi connectivity index (χ2v) is 13.0. The molecule has 6 heteroatoms. The fraction of sp³-hybridized carbons (Fsp3) is 0.471. The molecular weight excluding hydrogens is 308 g/mol. The summed E-state index contributed by atoms with van der Waals surface area (Å²) in [5.41, 5.74) is 3.28. The molecule has 0 saturated heterocycles. The van der Waals surface area contributed by atoms with Gasteiger partial charge in [-0.1, -0.05) is 19.6 Å². The molecule has 2 heterocycles. The van der Waals surface area contributed by atoms with Crippen LogP contribution in [0.25, 0.3) is 11.3 Å². The van der Waals surface area contributed by atoms with Gasteiger partial charge in [-0.25, -0.2) is 9.78 Å². The number of H-pyrrole nitrogens is 1. The number of rotatable bonds is 6. The summed E-state index contributed by atoms with van der Waals surface area (Å²) in [5, 5.41) is 0. The van der Waals surface area contributed by atoms with Crippen molar-refractivity contribution >= 4 is 20.3 Å². The molecule has 5 nitrogen and oxygen atoms in total. The lowest BCUT2D eigenvalue weighted by molar-refractivity contribution is 0.0519. The number of carbonyl (C=O) groups is 2. The van der Waals surface area contributed by atoms with Gasteiger partial charge in [0.2, 0.25) is 0 Å². The van der Waals surface area contributed by atoms with Crippen molar-refractivity contribution < 1.29 is 14.3 Å². The van der Waals surface area contributed by atoms with E-state index in [9.17, 15) is 9.59 Å². The molecule has 0 spiro atoms. The van der Waals surface area contributed by atoms with Gasteiger partial charge in [-0.3, -0.25) is 4.79 Å². The quantitative estimate of drug-likeness (QED) is 0.498. The van der Waals surface area contributed by atoms with Crippen LogP contribution in [0.3, 0.4) is 0 Å². The van der Waals surface area contributed by atoms with Crippen LogP contribution < -0.4 is 0 Å². The van der Waals surface area contributed by atoms with E-state index >= 15 is 0 Å². The molecular formula is C17H22N2O3Si. The molecule has 1 saturated carbocycles. The Morgan fingerprint density at radius 1 is 1.43 bits per heavy atom. The number of hydrogen-bond donors (Lipinski definition) is 1. The minimum absolute atomic E-state index is 0.341. The molecule has 1 N–H and O–H groups in total. The largest absolute Gasteiger partial charge is 0.461 e. The smallest absolute Gasteiger partial charge is 0.357 e. The molecule has 0 aromatic carbocycles. The number of ether oxygens (including phenoxy) is 1. The van der Waals surface area contributed by atoms with Crippen molar-refractivity contribution in [2.45, 2.75) is 44.4 Å². The van der Waals surface area contributed by atoms with Crippen LogP contribution in [-0.2, 0) is 4.74 Å². The first-order valence-electron chi connectivity index (χ1n) is 8.03. The zero-order valence-corrected chi connectivity index (χ0v) is 14.8. The molecule has 23 heavy (non-hydrogen) atoms. The molecule has 122 valence electrons. The Bertz CT molecular complexity index is 713. The number of nitrogens with zero attached hydrogens (tertiary/aromatic N) is 1. The highest BCUT2D eigenvalue weighted by Gasteiger charge is 2.31. The van der Waals surface area contributed by atoms with Gasteiger partial charge in [0, 0.05) is 19.8 Å². The molecule has 1 fully saturated rings. The molecule has 0 aromatic rings. The van der Waals surface area contributed by atoms with E-state index < -0.39 is 14.0 Å². The van der Waals surface area contributed by atoms with Crippen LogP contribution in [0.2, 0.25) is 25.7 Å². The van der Waals surface area contributed by atoms with Crippen LogP contribution in [0.4, 0.5) is 0 Å². The van der Waals surface area contributed by atoms with E-state index in [0.29, 0.717) is 29.6 Å². The third-order valence-corrected chi connectivity index (χ3v) is 5.84. The lowest BCUT2D eigenvalue weighted by atomic mass is 10.0. The van der Waals surface area contributed by atoms with E-state index in [4.69, 9.17) is 4.74 Å². The van der Waals surface area contributed by atoms with Gasteiger partial charge in [0.1, 0.15) is 11.4 Å². The number of aldehydes is 1. The maximum atomic E-state index is 12.4. The predicted molar refractivity (Wildman–Crippen MR) is 91.0 cm³/mol. The van der Waals surface area contributed by atoms with Crippen LogP contribution in [0.1, 0.15) is 45.3 Å². The van der Waals surface area contributed by atoms with Crippen LogP contribution >= 0.6 is 0 Å². The van der Waals surface area contributed by atoms with Crippen molar-refractivity contribution in [3.63, 3.8) is 0 Å². The van der Waals surface area contributed by atoms with Crippen LogP contribution in [-0.4, -0.2) is 36.9 Å². The summed E-state index contributed by atoms with van der Waals surface area (Å²) in [6.07, 6.45) is 4.87. The normalized spacial score (nSPS) is 14.9. The first-order chi connectivity index (χ1) is 10.9. The van der Waals surface area contributed by atoms with Crippen LogP contribution in [0.5, 0.6) is 0 Å². The molecule has 0 radical (unpaired) electrons. The minimum Gasteiger partial charge on any atom is -0.461 e. The zero-order chi connectivity index (χ0) is 16.6. The van der Waals surface area contributed by atoms with Crippen molar-refractivity contribution in [1.82, 2.24) is 9.97 Å². The van der Waals surface area contributed by atoms with Gasteiger partial charge in [-0.2, -0.15) is 0 Å². The molecule has 0 bridgehead atoms. The monoisotopic (exact) mass is 330 g/mol. The van der Waals surface area contributed by atoms with Crippen molar-refractivity contribution in [3.05, 3.63) is 29.2 Å². The van der Waals surface area contributed by atoms with Crippen molar-refractivity contribution in [1.29, 1.82) is 0 Å². The molecule has 0 unspecified atom stereocenters. The Morgan fingerprint density at radius 3 is 2.78 bits per heavy atom. The Balaban J connectivity index is 1.85. The summed E-state index contributed by atoms with van der Waals surface area (Å²) in [6, 6.07) is 2.69. The highest BCUT2D eigenvalue weighted by molar-refractivity contribution is 6.76. The van der Waals surface area contributed by atoms with E-state index in [1.807, 2.05) is 6.20 Å². The van der Waals surface area contributed by atoms with Gasteiger partial charge >= 0.3 is 5.97 Å². The molecule has 0 aromatic heterocycles. The van der Waals surface area contributed by atoms with Gasteiger partial charge in [-0.15, -0.1) is 0 Å². The number of esters is 1. The number of aromatic amines is 1. The lowest BCUT2D eigenvalue weighted by Crippen LogP contribution is -2.23. The average Bonchev–Trinajstić information content (AvgIpc) is 3.22. The summed E-state index contributed by atoms with van der Waals surface area (Å²) in [6.45, 7) is 7.15. The van der Waals surface area contributed by atoms with Crippen LogP contribution in [0.15, 0.2) is 12.3 Å². The summed E-state index contributed by atoms with van der Waals surface area (Å²) in [4.78, 5) is 30.8. The van der Waals surface area contributed by atoms with Crippen molar-refractivity contribution in [2.24, 2.45) is 0 Å². The van der Waals surface area contributed by atoms with Crippen molar-refractivity contribution in [3.8, 4) is 11.3 Å². The third-order valence-electron chi connectivity index (χ3n) is 4.14. The minimum atomic E-state index is -1.25. The first-order valence-corrected chi connectivity index (χ1v) is 11.7. The Kier molecular flexibility index (Phi) is 4.10. The van der Waals surface area contributed by atoms with E-state index in [2.05, 4.69) is 29.6 Å². The molecule has 0 atom stereocenters. The SMILES string of the molecule is C[Si](C)(C)CCOC(=O)c1[nH]cc(C2CC2)c2cc(C=O)nc1-2. The molecule has 3 aliphatic rings. The second-order valence-electron chi connectivity index (χ2n) is 7.40. The fourth-order valence-corrected chi connectivity index (χ4v) is 3.33. The van der Waals surface area contributed by atoms with Crippen molar-refractivity contribution in [2.75, 3.05) is 6.61 Å². The van der Waals surface area contributed by atoms with E-state index in [1.54, 1.807) is 6.07 Å². The molecule has 2 aliphatic heterocycles. The fourth-order valence-electron chi connectivity index (χ4n) is 2.61. The van der Waals surface area contributed by atoms with Gasteiger partial charge in [0.25, 0.3) is 0 Å². The highest BCUT2D eigenvalue weighted by Crippen LogP contribution is 2.45. The maximum Gasteiger partial charge on any atom is 0.357 e. The van der Waals surface area contributed by atoms with Gasteiger partial charge in [-0.05, 0) is 36.4 Å².